The number of nitrogens with zero attached hydrogens (tertiary/aromatic N) is 3. The van der Waals surface area contributed by atoms with Crippen molar-refractivity contribution in [3.63, 3.8) is 0 Å². The molecule has 2 aliphatic rings. The number of halogens is 1. The van der Waals surface area contributed by atoms with Gasteiger partial charge in [-0.05, 0) is 68.3 Å². The van der Waals surface area contributed by atoms with Gasteiger partial charge in [-0.2, -0.15) is 0 Å². The minimum absolute atomic E-state index is 0.261. The molecule has 0 aromatic heterocycles. The predicted molar refractivity (Wildman–Crippen MR) is 121 cm³/mol. The Morgan fingerprint density at radius 2 is 1.50 bits per heavy atom. The number of anilines is 1. The van der Waals surface area contributed by atoms with Crippen LogP contribution >= 0.6 is 11.6 Å². The maximum Gasteiger partial charge on any atom is 0.282 e. The zero-order valence-electron chi connectivity index (χ0n) is 17.8. The van der Waals surface area contributed by atoms with Crippen molar-refractivity contribution in [2.45, 2.75) is 20.8 Å². The fraction of sp³-hybridized carbons (Fsp3) is 0.333. The molecule has 0 atom stereocenters. The maximum atomic E-state index is 13.6. The molecule has 0 spiro atoms. The fourth-order valence-corrected chi connectivity index (χ4v) is 4.31. The van der Waals surface area contributed by atoms with E-state index < -0.39 is 0 Å². The molecule has 2 aliphatic heterocycles. The van der Waals surface area contributed by atoms with Gasteiger partial charge in [-0.25, -0.2) is 4.90 Å². The Labute approximate surface area is 182 Å². The quantitative estimate of drug-likeness (QED) is 0.704. The second-order valence-electron chi connectivity index (χ2n) is 8.19. The number of aryl methyl sites for hydroxylation is 3. The summed E-state index contributed by atoms with van der Waals surface area (Å²) in [7, 11) is 2.07. The summed E-state index contributed by atoms with van der Waals surface area (Å²) in [5, 5.41) is 0.581. The average molecular weight is 424 g/mol. The standard InChI is InChI=1S/C24H26ClN3O2/c1-15-5-6-18(13-16(15)2)21-22(27-11-9-26(4)10-12-27)24(30)28(23(21)29)20-8-7-19(25)14-17(20)3/h5-8,13-14H,9-12H2,1-4H3. The number of imide groups is 1. The van der Waals surface area contributed by atoms with Gasteiger partial charge in [0.05, 0.1) is 11.3 Å². The van der Waals surface area contributed by atoms with Crippen LogP contribution in [0.25, 0.3) is 5.57 Å². The first kappa shape index (κ1) is 20.6. The lowest BCUT2D eigenvalue weighted by atomic mass is 9.99. The zero-order valence-corrected chi connectivity index (χ0v) is 18.6. The predicted octanol–water partition coefficient (Wildman–Crippen LogP) is 3.80. The molecule has 1 fully saturated rings. The lowest BCUT2D eigenvalue weighted by Crippen LogP contribution is -2.46. The highest BCUT2D eigenvalue weighted by atomic mass is 35.5. The third kappa shape index (κ3) is 3.53. The molecule has 0 radical (unpaired) electrons. The minimum Gasteiger partial charge on any atom is -0.364 e. The lowest BCUT2D eigenvalue weighted by Gasteiger charge is -2.34. The van der Waals surface area contributed by atoms with E-state index in [9.17, 15) is 9.59 Å². The van der Waals surface area contributed by atoms with Gasteiger partial charge in [0.25, 0.3) is 11.8 Å². The van der Waals surface area contributed by atoms with Crippen molar-refractivity contribution >= 4 is 34.7 Å². The van der Waals surface area contributed by atoms with Crippen molar-refractivity contribution in [1.29, 1.82) is 0 Å². The van der Waals surface area contributed by atoms with Gasteiger partial charge < -0.3 is 9.80 Å². The van der Waals surface area contributed by atoms with Crippen molar-refractivity contribution in [3.8, 4) is 0 Å². The summed E-state index contributed by atoms with van der Waals surface area (Å²) in [5.41, 5.74) is 5.41. The van der Waals surface area contributed by atoms with E-state index in [0.717, 1.165) is 35.3 Å². The highest BCUT2D eigenvalue weighted by molar-refractivity contribution is 6.45. The third-order valence-electron chi connectivity index (χ3n) is 6.07. The summed E-state index contributed by atoms with van der Waals surface area (Å²) in [6, 6.07) is 11.2. The Hall–Kier alpha value is -2.63. The van der Waals surface area contributed by atoms with Crippen LogP contribution in [-0.4, -0.2) is 54.8 Å². The van der Waals surface area contributed by atoms with Crippen molar-refractivity contribution in [1.82, 2.24) is 9.80 Å². The summed E-state index contributed by atoms with van der Waals surface area (Å²) in [6.07, 6.45) is 0. The number of piperazine rings is 1. The number of rotatable bonds is 3. The molecule has 0 aliphatic carbocycles. The second kappa shape index (κ2) is 7.89. The van der Waals surface area contributed by atoms with E-state index in [2.05, 4.69) is 16.8 Å². The molecule has 4 rings (SSSR count). The molecule has 2 aromatic carbocycles. The number of carbonyl (C=O) groups excluding carboxylic acids is 2. The first-order valence-electron chi connectivity index (χ1n) is 10.2. The van der Waals surface area contributed by atoms with Crippen LogP contribution in [0.4, 0.5) is 5.69 Å². The molecule has 0 saturated carbocycles. The fourth-order valence-electron chi connectivity index (χ4n) is 4.09. The van der Waals surface area contributed by atoms with Crippen LogP contribution in [0.5, 0.6) is 0 Å². The summed E-state index contributed by atoms with van der Waals surface area (Å²) in [6.45, 7) is 9.07. The van der Waals surface area contributed by atoms with Crippen molar-refractivity contribution in [2.75, 3.05) is 38.1 Å². The summed E-state index contributed by atoms with van der Waals surface area (Å²) < 4.78 is 0. The largest absolute Gasteiger partial charge is 0.364 e. The van der Waals surface area contributed by atoms with Crippen molar-refractivity contribution in [2.24, 2.45) is 0 Å². The van der Waals surface area contributed by atoms with Gasteiger partial charge in [-0.15, -0.1) is 0 Å². The monoisotopic (exact) mass is 423 g/mol. The molecule has 0 unspecified atom stereocenters. The Bertz CT molecular complexity index is 1070. The topological polar surface area (TPSA) is 43.9 Å². The van der Waals surface area contributed by atoms with Crippen LogP contribution in [0, 0.1) is 20.8 Å². The Kier molecular flexibility index (Phi) is 5.43. The SMILES string of the molecule is Cc1ccc(C2=C(N3CCN(C)CC3)C(=O)N(c3ccc(Cl)cc3C)C2=O)cc1C. The summed E-state index contributed by atoms with van der Waals surface area (Å²) in [5.74, 6) is -0.536. The van der Waals surface area contributed by atoms with Crippen LogP contribution in [0.1, 0.15) is 22.3 Å². The van der Waals surface area contributed by atoms with E-state index >= 15 is 0 Å². The summed E-state index contributed by atoms with van der Waals surface area (Å²) >= 11 is 6.11. The molecule has 156 valence electrons. The first-order valence-corrected chi connectivity index (χ1v) is 10.6. The lowest BCUT2D eigenvalue weighted by molar-refractivity contribution is -0.120. The van der Waals surface area contributed by atoms with Crippen molar-refractivity contribution in [3.05, 3.63) is 69.4 Å². The average Bonchev–Trinajstić information content (AvgIpc) is 2.95. The number of likely N-dealkylation sites (N-methyl/N-ethyl adjacent to an activating group) is 1. The van der Waals surface area contributed by atoms with Crippen LogP contribution in [0.15, 0.2) is 42.1 Å². The normalized spacial score (nSPS) is 18.0. The van der Waals surface area contributed by atoms with E-state index in [-0.39, 0.29) is 11.8 Å². The van der Waals surface area contributed by atoms with Gasteiger partial charge >= 0.3 is 0 Å². The van der Waals surface area contributed by atoms with Crippen LogP contribution < -0.4 is 4.90 Å². The molecule has 30 heavy (non-hydrogen) atoms. The molecule has 2 heterocycles. The van der Waals surface area contributed by atoms with Crippen LogP contribution in [0.3, 0.4) is 0 Å². The van der Waals surface area contributed by atoms with Crippen LogP contribution in [-0.2, 0) is 9.59 Å². The summed E-state index contributed by atoms with van der Waals surface area (Å²) in [4.78, 5) is 32.9. The number of benzene rings is 2. The Morgan fingerprint density at radius 1 is 0.800 bits per heavy atom. The molecular weight excluding hydrogens is 398 g/mol. The van der Waals surface area contributed by atoms with Gasteiger partial charge in [0.15, 0.2) is 0 Å². The number of amides is 2. The molecule has 0 N–H and O–H groups in total. The van der Waals surface area contributed by atoms with Crippen molar-refractivity contribution < 1.29 is 9.59 Å². The molecule has 0 bridgehead atoms. The molecule has 2 aromatic rings. The second-order valence-corrected chi connectivity index (χ2v) is 8.63. The smallest absolute Gasteiger partial charge is 0.282 e. The maximum absolute atomic E-state index is 13.6. The van der Waals surface area contributed by atoms with E-state index in [1.165, 1.54) is 4.90 Å². The third-order valence-corrected chi connectivity index (χ3v) is 6.31. The van der Waals surface area contributed by atoms with E-state index in [4.69, 9.17) is 11.6 Å². The van der Waals surface area contributed by atoms with Gasteiger partial charge in [-0.3, -0.25) is 9.59 Å². The number of hydrogen-bond acceptors (Lipinski definition) is 4. The van der Waals surface area contributed by atoms with E-state index in [1.54, 1.807) is 18.2 Å². The first-order chi connectivity index (χ1) is 14.3. The van der Waals surface area contributed by atoms with Crippen LogP contribution in [0.2, 0.25) is 5.02 Å². The Morgan fingerprint density at radius 3 is 2.13 bits per heavy atom. The van der Waals surface area contributed by atoms with E-state index in [0.29, 0.717) is 35.1 Å². The Balaban J connectivity index is 1.85. The van der Waals surface area contributed by atoms with Gasteiger partial charge in [-0.1, -0.05) is 29.8 Å². The number of carbonyl (C=O) groups is 2. The van der Waals surface area contributed by atoms with E-state index in [1.807, 2.05) is 39.0 Å². The number of hydrogen-bond donors (Lipinski definition) is 0. The highest BCUT2D eigenvalue weighted by Gasteiger charge is 2.43. The zero-order chi connectivity index (χ0) is 21.6. The molecular formula is C24H26ClN3O2. The van der Waals surface area contributed by atoms with Gasteiger partial charge in [0.2, 0.25) is 0 Å². The van der Waals surface area contributed by atoms with Gasteiger partial charge in [0.1, 0.15) is 5.70 Å². The molecule has 6 heteroatoms. The molecule has 5 nitrogen and oxygen atoms in total. The highest BCUT2D eigenvalue weighted by Crippen LogP contribution is 2.37. The van der Waals surface area contributed by atoms with Gasteiger partial charge in [0, 0.05) is 31.2 Å². The molecule has 1 saturated heterocycles. The molecule has 2 amide bonds. The minimum atomic E-state index is -0.275.